The van der Waals surface area contributed by atoms with Crippen molar-refractivity contribution in [3.63, 3.8) is 0 Å². The van der Waals surface area contributed by atoms with E-state index in [0.717, 1.165) is 11.1 Å². The molecule has 2 amide bonds. The lowest BCUT2D eigenvalue weighted by atomic mass is 10.0. The third-order valence-corrected chi connectivity index (χ3v) is 4.77. The molecule has 142 valence electrons. The van der Waals surface area contributed by atoms with Crippen LogP contribution in [0.4, 0.5) is 0 Å². The minimum absolute atomic E-state index is 0.212. The highest BCUT2D eigenvalue weighted by Gasteiger charge is 2.37. The van der Waals surface area contributed by atoms with Crippen LogP contribution in [-0.2, 0) is 22.6 Å². The van der Waals surface area contributed by atoms with E-state index in [4.69, 9.17) is 10.4 Å². The molecular formula is C21H19N3O4. The van der Waals surface area contributed by atoms with Gasteiger partial charge in [-0.15, -0.1) is 0 Å². The van der Waals surface area contributed by atoms with Gasteiger partial charge in [-0.25, -0.2) is 0 Å². The van der Waals surface area contributed by atoms with Crippen molar-refractivity contribution in [2.75, 3.05) is 0 Å². The van der Waals surface area contributed by atoms with E-state index in [0.29, 0.717) is 11.1 Å². The first-order chi connectivity index (χ1) is 13.4. The number of hydrogen-bond acceptors (Lipinski definition) is 4. The summed E-state index contributed by atoms with van der Waals surface area (Å²) in [5.74, 6) is -1.94. The number of nitriles is 1. The van der Waals surface area contributed by atoms with Gasteiger partial charge in [0.1, 0.15) is 12.1 Å². The minimum atomic E-state index is -1.15. The molecule has 7 nitrogen and oxygen atoms in total. The highest BCUT2D eigenvalue weighted by atomic mass is 16.4. The number of benzene rings is 2. The van der Waals surface area contributed by atoms with Crippen molar-refractivity contribution in [2.45, 2.75) is 32.0 Å². The Morgan fingerprint density at radius 1 is 1.21 bits per heavy atom. The van der Waals surface area contributed by atoms with E-state index in [1.165, 1.54) is 11.8 Å². The molecule has 28 heavy (non-hydrogen) atoms. The van der Waals surface area contributed by atoms with Crippen LogP contribution in [0.5, 0.6) is 0 Å². The van der Waals surface area contributed by atoms with Gasteiger partial charge < -0.3 is 15.3 Å². The topological polar surface area (TPSA) is 111 Å². The van der Waals surface area contributed by atoms with E-state index in [1.807, 2.05) is 18.2 Å². The van der Waals surface area contributed by atoms with Gasteiger partial charge in [-0.3, -0.25) is 14.4 Å². The summed E-state index contributed by atoms with van der Waals surface area (Å²) in [5, 5.41) is 20.5. The average Bonchev–Trinajstić information content (AvgIpc) is 3.03. The van der Waals surface area contributed by atoms with Gasteiger partial charge >= 0.3 is 5.97 Å². The van der Waals surface area contributed by atoms with E-state index in [-0.39, 0.29) is 18.9 Å². The van der Waals surface area contributed by atoms with Crippen molar-refractivity contribution < 1.29 is 19.5 Å². The summed E-state index contributed by atoms with van der Waals surface area (Å²) in [4.78, 5) is 38.3. The van der Waals surface area contributed by atoms with Gasteiger partial charge in [0.15, 0.2) is 0 Å². The van der Waals surface area contributed by atoms with Crippen LogP contribution in [0.3, 0.4) is 0 Å². The minimum Gasteiger partial charge on any atom is -0.480 e. The molecule has 2 N–H and O–H groups in total. The summed E-state index contributed by atoms with van der Waals surface area (Å²) >= 11 is 0. The zero-order valence-corrected chi connectivity index (χ0v) is 15.3. The Bertz CT molecular complexity index is 962. The zero-order valence-electron chi connectivity index (χ0n) is 15.3. The van der Waals surface area contributed by atoms with Crippen molar-refractivity contribution in [2.24, 2.45) is 0 Å². The summed E-state index contributed by atoms with van der Waals surface area (Å²) in [6.45, 7) is 1.66. The fourth-order valence-electron chi connectivity index (χ4n) is 3.18. The molecule has 7 heteroatoms. The van der Waals surface area contributed by atoms with Crippen LogP contribution < -0.4 is 5.32 Å². The number of aliphatic carboxylic acids is 1. The highest BCUT2D eigenvalue weighted by molar-refractivity contribution is 6.01. The molecule has 1 aliphatic rings. The maximum atomic E-state index is 12.8. The van der Waals surface area contributed by atoms with Gasteiger partial charge in [0.05, 0.1) is 11.6 Å². The molecule has 0 fully saturated rings. The van der Waals surface area contributed by atoms with E-state index >= 15 is 0 Å². The SMILES string of the molecule is C[C@H](NC(=O)[C@H](Cc1ccc(C#N)cc1)N1Cc2ccccc2C1=O)C(=O)O. The molecule has 0 radical (unpaired) electrons. The van der Waals surface area contributed by atoms with Crippen LogP contribution >= 0.6 is 0 Å². The zero-order chi connectivity index (χ0) is 20.3. The third-order valence-electron chi connectivity index (χ3n) is 4.77. The standard InChI is InChI=1S/C21H19N3O4/c1-13(21(27)28)23-19(25)18(10-14-6-8-15(11-22)9-7-14)24-12-16-4-2-3-5-17(16)20(24)26/h2-9,13,18H,10,12H2,1H3,(H,23,25)(H,27,28)/t13-,18-/m0/s1. The lowest BCUT2D eigenvalue weighted by Crippen LogP contribution is -2.51. The first-order valence-corrected chi connectivity index (χ1v) is 8.82. The van der Waals surface area contributed by atoms with Crippen LogP contribution in [-0.4, -0.2) is 39.9 Å². The van der Waals surface area contributed by atoms with Crippen LogP contribution in [0.2, 0.25) is 0 Å². The van der Waals surface area contributed by atoms with E-state index in [2.05, 4.69) is 5.32 Å². The molecule has 0 aliphatic carbocycles. The number of carbonyl (C=O) groups excluding carboxylic acids is 2. The van der Waals surface area contributed by atoms with Gasteiger partial charge in [-0.2, -0.15) is 5.26 Å². The first kappa shape index (κ1) is 19.1. The Balaban J connectivity index is 1.88. The van der Waals surface area contributed by atoms with Gasteiger partial charge in [0, 0.05) is 18.5 Å². The number of fused-ring (bicyclic) bond motifs is 1. The maximum absolute atomic E-state index is 12.8. The molecule has 0 aromatic heterocycles. The van der Waals surface area contributed by atoms with E-state index < -0.39 is 24.0 Å². The Morgan fingerprint density at radius 2 is 1.89 bits per heavy atom. The van der Waals surface area contributed by atoms with Crippen molar-refractivity contribution in [1.29, 1.82) is 5.26 Å². The maximum Gasteiger partial charge on any atom is 0.325 e. The number of carboxylic acids is 1. The number of nitrogens with one attached hydrogen (secondary N) is 1. The van der Waals surface area contributed by atoms with Crippen molar-refractivity contribution in [1.82, 2.24) is 10.2 Å². The lowest BCUT2D eigenvalue weighted by Gasteiger charge is -2.28. The van der Waals surface area contributed by atoms with Crippen LogP contribution in [0.25, 0.3) is 0 Å². The summed E-state index contributed by atoms with van der Waals surface area (Å²) in [5.41, 5.74) is 2.64. The number of amides is 2. The molecule has 3 rings (SSSR count). The molecule has 0 unspecified atom stereocenters. The largest absolute Gasteiger partial charge is 0.480 e. The van der Waals surface area contributed by atoms with E-state index in [1.54, 1.807) is 36.4 Å². The van der Waals surface area contributed by atoms with Gasteiger partial charge in [-0.1, -0.05) is 30.3 Å². The number of carboxylic acid groups (broad SMARTS) is 1. The Hall–Kier alpha value is -3.66. The van der Waals surface area contributed by atoms with Crippen LogP contribution in [0.15, 0.2) is 48.5 Å². The first-order valence-electron chi connectivity index (χ1n) is 8.82. The molecule has 2 aromatic carbocycles. The average molecular weight is 377 g/mol. The van der Waals surface area contributed by atoms with Crippen LogP contribution in [0, 0.1) is 11.3 Å². The smallest absolute Gasteiger partial charge is 0.325 e. The molecule has 2 atom stereocenters. The second kappa shape index (κ2) is 7.92. The molecule has 0 bridgehead atoms. The second-order valence-corrected chi connectivity index (χ2v) is 6.69. The predicted molar refractivity (Wildman–Crippen MR) is 100 cm³/mol. The Morgan fingerprint density at radius 3 is 2.50 bits per heavy atom. The van der Waals surface area contributed by atoms with Gasteiger partial charge in [0.25, 0.3) is 5.91 Å². The number of hydrogen-bond donors (Lipinski definition) is 2. The quantitative estimate of drug-likeness (QED) is 0.796. The molecule has 0 spiro atoms. The summed E-state index contributed by atoms with van der Waals surface area (Å²) < 4.78 is 0. The molecular weight excluding hydrogens is 358 g/mol. The molecule has 0 saturated heterocycles. The summed E-state index contributed by atoms with van der Waals surface area (Å²) in [6, 6.07) is 14.0. The van der Waals surface area contributed by atoms with Crippen LogP contribution in [0.1, 0.15) is 34.0 Å². The third kappa shape index (κ3) is 3.86. The summed E-state index contributed by atoms with van der Waals surface area (Å²) in [6.07, 6.45) is 0.212. The van der Waals surface area contributed by atoms with Crippen molar-refractivity contribution in [3.8, 4) is 6.07 Å². The number of rotatable bonds is 6. The van der Waals surface area contributed by atoms with Crippen molar-refractivity contribution in [3.05, 3.63) is 70.8 Å². The van der Waals surface area contributed by atoms with Gasteiger partial charge in [-0.05, 0) is 36.2 Å². The summed E-state index contributed by atoms with van der Waals surface area (Å²) in [7, 11) is 0. The normalized spacial score (nSPS) is 14.7. The van der Waals surface area contributed by atoms with Gasteiger partial charge in [0.2, 0.25) is 5.91 Å². The monoisotopic (exact) mass is 377 g/mol. The number of nitrogens with zero attached hydrogens (tertiary/aromatic N) is 2. The fourth-order valence-corrected chi connectivity index (χ4v) is 3.18. The van der Waals surface area contributed by atoms with E-state index in [9.17, 15) is 14.4 Å². The molecule has 1 aliphatic heterocycles. The predicted octanol–water partition coefficient (Wildman–Crippen LogP) is 1.71. The molecule has 2 aromatic rings. The second-order valence-electron chi connectivity index (χ2n) is 6.69. The lowest BCUT2D eigenvalue weighted by molar-refractivity contribution is -0.142. The highest BCUT2D eigenvalue weighted by Crippen LogP contribution is 2.26. The van der Waals surface area contributed by atoms with Crippen molar-refractivity contribution >= 4 is 17.8 Å². The number of carbonyl (C=O) groups is 3. The molecule has 1 heterocycles. The Labute approximate surface area is 162 Å². The molecule has 0 saturated carbocycles. The fraction of sp³-hybridized carbons (Fsp3) is 0.238. The Kier molecular flexibility index (Phi) is 5.41.